The molecule has 130 valence electrons. The van der Waals surface area contributed by atoms with Crippen LogP contribution in [0.2, 0.25) is 0 Å². The Balaban J connectivity index is 1.53. The van der Waals surface area contributed by atoms with E-state index >= 15 is 0 Å². The summed E-state index contributed by atoms with van der Waals surface area (Å²) >= 11 is 0. The van der Waals surface area contributed by atoms with E-state index in [4.69, 9.17) is 4.42 Å². The number of hydrogen-bond donors (Lipinski definition) is 1. The molecule has 0 aliphatic carbocycles. The van der Waals surface area contributed by atoms with Crippen LogP contribution in [0.15, 0.2) is 22.6 Å². The summed E-state index contributed by atoms with van der Waals surface area (Å²) in [5, 5.41) is 15.5. The molecule has 0 spiro atoms. The molecular formula is C17H20N6O2. The van der Waals surface area contributed by atoms with Crippen LogP contribution in [0.4, 0.5) is 0 Å². The number of nitrogens with zero attached hydrogens (tertiary/aromatic N) is 5. The number of amides is 1. The Morgan fingerprint density at radius 1 is 1.28 bits per heavy atom. The number of H-pyrrole nitrogens is 1. The standard InChI is InChI=1S/C17H20N6O2/c1-10(2)16-21-20-15-9-22(6-7-23(15)16)17(24)13-8-12(18-19-13)14-5-4-11(3)25-14/h4-5,8,10H,6-7,9H2,1-3H3,(H,18,19). The van der Waals surface area contributed by atoms with Crippen molar-refractivity contribution in [2.75, 3.05) is 6.54 Å². The van der Waals surface area contributed by atoms with Gasteiger partial charge >= 0.3 is 0 Å². The Morgan fingerprint density at radius 2 is 2.12 bits per heavy atom. The zero-order valence-electron chi connectivity index (χ0n) is 14.5. The first-order valence-electron chi connectivity index (χ1n) is 8.36. The van der Waals surface area contributed by atoms with Gasteiger partial charge in [0.2, 0.25) is 0 Å². The van der Waals surface area contributed by atoms with Crippen LogP contribution < -0.4 is 0 Å². The number of aromatic amines is 1. The van der Waals surface area contributed by atoms with Gasteiger partial charge in [-0.1, -0.05) is 13.8 Å². The number of aryl methyl sites for hydroxylation is 1. The van der Waals surface area contributed by atoms with Crippen molar-refractivity contribution >= 4 is 5.91 Å². The molecule has 8 heteroatoms. The normalized spacial score (nSPS) is 14.2. The Kier molecular flexibility index (Phi) is 3.67. The number of hydrogen-bond acceptors (Lipinski definition) is 5. The van der Waals surface area contributed by atoms with E-state index in [1.807, 2.05) is 19.1 Å². The van der Waals surface area contributed by atoms with E-state index in [-0.39, 0.29) is 5.91 Å². The second kappa shape index (κ2) is 5.87. The third kappa shape index (κ3) is 2.73. The molecule has 8 nitrogen and oxygen atoms in total. The summed E-state index contributed by atoms with van der Waals surface area (Å²) in [5.41, 5.74) is 1.07. The lowest BCUT2D eigenvalue weighted by molar-refractivity contribution is 0.0700. The van der Waals surface area contributed by atoms with Gasteiger partial charge in [-0.15, -0.1) is 10.2 Å². The Morgan fingerprint density at radius 3 is 2.84 bits per heavy atom. The van der Waals surface area contributed by atoms with Gasteiger partial charge in [-0.25, -0.2) is 0 Å². The summed E-state index contributed by atoms with van der Waals surface area (Å²) in [6.45, 7) is 7.83. The summed E-state index contributed by atoms with van der Waals surface area (Å²) in [5.74, 6) is 3.47. The van der Waals surface area contributed by atoms with Crippen LogP contribution in [0.3, 0.4) is 0 Å². The number of aromatic nitrogens is 5. The van der Waals surface area contributed by atoms with E-state index in [1.54, 1.807) is 11.0 Å². The van der Waals surface area contributed by atoms with Crippen LogP contribution in [-0.2, 0) is 13.1 Å². The zero-order chi connectivity index (χ0) is 17.6. The van der Waals surface area contributed by atoms with Crippen molar-refractivity contribution in [1.82, 2.24) is 29.9 Å². The maximum absolute atomic E-state index is 12.8. The molecule has 1 amide bonds. The van der Waals surface area contributed by atoms with Crippen molar-refractivity contribution in [3.8, 4) is 11.5 Å². The van der Waals surface area contributed by atoms with E-state index in [0.29, 0.717) is 42.7 Å². The number of nitrogens with one attached hydrogen (secondary N) is 1. The Hall–Kier alpha value is -2.90. The predicted octanol–water partition coefficient (Wildman–Crippen LogP) is 2.35. The first-order valence-corrected chi connectivity index (χ1v) is 8.36. The van der Waals surface area contributed by atoms with E-state index in [1.165, 1.54) is 0 Å². The average Bonchev–Trinajstić information content (AvgIpc) is 3.32. The van der Waals surface area contributed by atoms with Gasteiger partial charge < -0.3 is 13.9 Å². The maximum atomic E-state index is 12.8. The highest BCUT2D eigenvalue weighted by atomic mass is 16.3. The number of carbonyl (C=O) groups excluding carboxylic acids is 1. The Labute approximate surface area is 144 Å². The number of rotatable bonds is 3. The van der Waals surface area contributed by atoms with Crippen molar-refractivity contribution in [3.05, 3.63) is 41.3 Å². The van der Waals surface area contributed by atoms with Gasteiger partial charge in [0, 0.05) is 25.1 Å². The Bertz CT molecular complexity index is 919. The summed E-state index contributed by atoms with van der Waals surface area (Å²) in [7, 11) is 0. The van der Waals surface area contributed by atoms with Crippen LogP contribution in [0.1, 0.15) is 47.7 Å². The van der Waals surface area contributed by atoms with E-state index < -0.39 is 0 Å². The second-order valence-corrected chi connectivity index (χ2v) is 6.58. The van der Waals surface area contributed by atoms with E-state index in [0.717, 1.165) is 17.4 Å². The summed E-state index contributed by atoms with van der Waals surface area (Å²) in [4.78, 5) is 14.5. The van der Waals surface area contributed by atoms with Crippen molar-refractivity contribution < 1.29 is 9.21 Å². The molecule has 3 aromatic rings. The molecule has 0 unspecified atom stereocenters. The molecule has 3 aromatic heterocycles. The lowest BCUT2D eigenvalue weighted by Crippen LogP contribution is -2.39. The fourth-order valence-electron chi connectivity index (χ4n) is 3.08. The maximum Gasteiger partial charge on any atom is 0.274 e. The monoisotopic (exact) mass is 340 g/mol. The molecule has 0 fully saturated rings. The summed E-state index contributed by atoms with van der Waals surface area (Å²) < 4.78 is 7.67. The first-order chi connectivity index (χ1) is 12.0. The quantitative estimate of drug-likeness (QED) is 0.790. The fraction of sp³-hybridized carbons (Fsp3) is 0.412. The third-order valence-electron chi connectivity index (χ3n) is 4.39. The molecule has 25 heavy (non-hydrogen) atoms. The van der Waals surface area contributed by atoms with Crippen molar-refractivity contribution in [1.29, 1.82) is 0 Å². The van der Waals surface area contributed by atoms with Gasteiger partial charge in [0.15, 0.2) is 17.3 Å². The summed E-state index contributed by atoms with van der Waals surface area (Å²) in [6.07, 6.45) is 0. The minimum Gasteiger partial charge on any atom is -0.460 e. The van der Waals surface area contributed by atoms with Gasteiger partial charge in [-0.2, -0.15) is 5.10 Å². The topological polar surface area (TPSA) is 92.8 Å². The zero-order valence-corrected chi connectivity index (χ0v) is 14.5. The van der Waals surface area contributed by atoms with Gasteiger partial charge in [-0.3, -0.25) is 9.89 Å². The molecule has 0 aromatic carbocycles. The predicted molar refractivity (Wildman–Crippen MR) is 89.9 cm³/mol. The molecule has 1 aliphatic rings. The highest BCUT2D eigenvalue weighted by Crippen LogP contribution is 2.22. The van der Waals surface area contributed by atoms with Crippen molar-refractivity contribution in [2.45, 2.75) is 39.8 Å². The minimum absolute atomic E-state index is 0.119. The highest BCUT2D eigenvalue weighted by Gasteiger charge is 2.27. The average molecular weight is 340 g/mol. The van der Waals surface area contributed by atoms with E-state index in [9.17, 15) is 4.79 Å². The molecule has 0 saturated heterocycles. The molecule has 4 rings (SSSR count). The van der Waals surface area contributed by atoms with E-state index in [2.05, 4.69) is 38.8 Å². The lowest BCUT2D eigenvalue weighted by Gasteiger charge is -2.27. The van der Waals surface area contributed by atoms with Crippen LogP contribution >= 0.6 is 0 Å². The summed E-state index contributed by atoms with van der Waals surface area (Å²) in [6, 6.07) is 5.45. The molecule has 4 heterocycles. The highest BCUT2D eigenvalue weighted by molar-refractivity contribution is 5.93. The SMILES string of the molecule is Cc1ccc(-c2cc(C(=O)N3CCn4c(nnc4C(C)C)C3)n[nH]2)o1. The van der Waals surface area contributed by atoms with Gasteiger partial charge in [0.05, 0.1) is 6.54 Å². The first kappa shape index (κ1) is 15.6. The molecule has 0 saturated carbocycles. The van der Waals surface area contributed by atoms with Crippen LogP contribution in [0.5, 0.6) is 0 Å². The smallest absolute Gasteiger partial charge is 0.274 e. The number of fused-ring (bicyclic) bond motifs is 1. The molecule has 0 bridgehead atoms. The molecular weight excluding hydrogens is 320 g/mol. The van der Waals surface area contributed by atoms with Gasteiger partial charge in [-0.05, 0) is 19.1 Å². The van der Waals surface area contributed by atoms with Crippen molar-refractivity contribution in [2.24, 2.45) is 0 Å². The number of carbonyl (C=O) groups is 1. The van der Waals surface area contributed by atoms with Crippen molar-refractivity contribution in [3.63, 3.8) is 0 Å². The molecule has 0 atom stereocenters. The van der Waals surface area contributed by atoms with Gasteiger partial charge in [0.25, 0.3) is 5.91 Å². The van der Waals surface area contributed by atoms with Gasteiger partial charge in [0.1, 0.15) is 17.3 Å². The lowest BCUT2D eigenvalue weighted by atomic mass is 10.2. The van der Waals surface area contributed by atoms with Crippen LogP contribution in [0.25, 0.3) is 11.5 Å². The minimum atomic E-state index is -0.119. The largest absolute Gasteiger partial charge is 0.460 e. The number of furan rings is 1. The van der Waals surface area contributed by atoms with Crippen LogP contribution in [0, 0.1) is 6.92 Å². The second-order valence-electron chi connectivity index (χ2n) is 6.58. The fourth-order valence-corrected chi connectivity index (χ4v) is 3.08. The molecule has 1 N–H and O–H groups in total. The van der Waals surface area contributed by atoms with Crippen LogP contribution in [-0.4, -0.2) is 42.3 Å². The molecule has 0 radical (unpaired) electrons. The third-order valence-corrected chi connectivity index (χ3v) is 4.39. The molecule has 1 aliphatic heterocycles.